The molecule has 0 amide bonds. The van der Waals surface area contributed by atoms with E-state index in [1.165, 1.54) is 35.6 Å². The molecule has 0 aliphatic carbocycles. The van der Waals surface area contributed by atoms with E-state index in [2.05, 4.69) is 34.0 Å². The molecule has 102 valence electrons. The van der Waals surface area contributed by atoms with Crippen molar-refractivity contribution in [1.29, 1.82) is 0 Å². The Morgan fingerprint density at radius 3 is 3.05 bits per heavy atom. The second-order valence-electron chi connectivity index (χ2n) is 5.18. The molecular weight excluding hydrogens is 246 g/mol. The first-order chi connectivity index (χ1) is 9.90. The molecule has 20 heavy (non-hydrogen) atoms. The summed E-state index contributed by atoms with van der Waals surface area (Å²) in [7, 11) is 0. The topological polar surface area (TPSA) is 37.1 Å². The number of benzene rings is 1. The molecule has 0 saturated carbocycles. The predicted molar refractivity (Wildman–Crippen MR) is 84.4 cm³/mol. The molecule has 0 N–H and O–H groups in total. The molecular formula is C17H19N3. The second kappa shape index (κ2) is 5.95. The summed E-state index contributed by atoms with van der Waals surface area (Å²) in [5.41, 5.74) is 3.60. The van der Waals surface area contributed by atoms with Gasteiger partial charge < -0.3 is 0 Å². The Morgan fingerprint density at radius 1 is 1.20 bits per heavy atom. The van der Waals surface area contributed by atoms with E-state index in [0.29, 0.717) is 0 Å². The lowest BCUT2D eigenvalue weighted by Gasteiger charge is -2.11. The van der Waals surface area contributed by atoms with Gasteiger partial charge in [0.1, 0.15) is 0 Å². The summed E-state index contributed by atoms with van der Waals surface area (Å²) in [5, 5.41) is 2.25. The number of unbranched alkanes of at least 4 members (excludes halogenated alkanes) is 2. The maximum Gasteiger partial charge on any atom is 0.0777 e. The van der Waals surface area contributed by atoms with E-state index in [1.807, 2.05) is 12.4 Å². The van der Waals surface area contributed by atoms with E-state index >= 15 is 0 Å². The average molecular weight is 265 g/mol. The zero-order valence-electron chi connectivity index (χ0n) is 11.8. The highest BCUT2D eigenvalue weighted by molar-refractivity contribution is 6.17. The van der Waals surface area contributed by atoms with Crippen molar-refractivity contribution in [3.63, 3.8) is 0 Å². The maximum atomic E-state index is 4.59. The molecule has 2 aliphatic heterocycles. The maximum absolute atomic E-state index is 4.59. The van der Waals surface area contributed by atoms with Crippen LogP contribution in [0.5, 0.6) is 0 Å². The summed E-state index contributed by atoms with van der Waals surface area (Å²) in [4.78, 5) is 13.4. The minimum atomic E-state index is 0.904. The van der Waals surface area contributed by atoms with Gasteiger partial charge in [0.2, 0.25) is 0 Å². The Balaban J connectivity index is 2.15. The molecule has 3 nitrogen and oxygen atoms in total. The Bertz CT molecular complexity index is 709. The first-order valence-electron chi connectivity index (χ1n) is 7.34. The number of hydrogen-bond acceptors (Lipinski definition) is 3. The van der Waals surface area contributed by atoms with Crippen LogP contribution in [-0.2, 0) is 12.8 Å². The van der Waals surface area contributed by atoms with E-state index in [9.17, 15) is 0 Å². The molecule has 0 unspecified atom stereocenters. The first-order valence-corrected chi connectivity index (χ1v) is 7.34. The molecule has 0 aromatic heterocycles. The van der Waals surface area contributed by atoms with Crippen molar-refractivity contribution in [1.82, 2.24) is 0 Å². The third kappa shape index (κ3) is 2.48. The summed E-state index contributed by atoms with van der Waals surface area (Å²) in [6, 6.07) is 2.22. The van der Waals surface area contributed by atoms with Crippen molar-refractivity contribution in [2.75, 3.05) is 0 Å². The van der Waals surface area contributed by atoms with Crippen molar-refractivity contribution in [3.8, 4) is 0 Å². The largest absolute Gasteiger partial charge is 0.262 e. The van der Waals surface area contributed by atoms with Crippen LogP contribution in [0.4, 0.5) is 5.69 Å². The van der Waals surface area contributed by atoms with E-state index in [-0.39, 0.29) is 0 Å². The number of rotatable bonds is 4. The zero-order chi connectivity index (χ0) is 13.8. The lowest BCUT2D eigenvalue weighted by Crippen LogP contribution is -2.22. The van der Waals surface area contributed by atoms with Gasteiger partial charge in [-0.1, -0.05) is 25.8 Å². The lowest BCUT2D eigenvalue weighted by molar-refractivity contribution is 0.715. The summed E-state index contributed by atoms with van der Waals surface area (Å²) < 4.78 is 0. The highest BCUT2D eigenvalue weighted by Crippen LogP contribution is 2.16. The van der Waals surface area contributed by atoms with Gasteiger partial charge in [-0.3, -0.25) is 15.0 Å². The molecule has 0 bridgehead atoms. The van der Waals surface area contributed by atoms with Gasteiger partial charge in [-0.15, -0.1) is 0 Å². The van der Waals surface area contributed by atoms with Gasteiger partial charge >= 0.3 is 0 Å². The highest BCUT2D eigenvalue weighted by Gasteiger charge is 2.12. The fourth-order valence-corrected chi connectivity index (χ4v) is 2.71. The van der Waals surface area contributed by atoms with Crippen molar-refractivity contribution in [2.45, 2.75) is 39.0 Å². The fourth-order valence-electron chi connectivity index (χ4n) is 2.71. The molecule has 0 fully saturated rings. The van der Waals surface area contributed by atoms with Crippen LogP contribution in [0.1, 0.15) is 37.3 Å². The number of allylic oxidation sites excluding steroid dienone is 1. The van der Waals surface area contributed by atoms with E-state index < -0.39 is 0 Å². The lowest BCUT2D eigenvalue weighted by atomic mass is 9.98. The minimum absolute atomic E-state index is 0.904. The quantitative estimate of drug-likeness (QED) is 0.751. The van der Waals surface area contributed by atoms with Crippen molar-refractivity contribution in [3.05, 3.63) is 40.0 Å². The van der Waals surface area contributed by atoms with Gasteiger partial charge in [-0.25, -0.2) is 0 Å². The predicted octanol–water partition coefficient (Wildman–Crippen LogP) is 2.63. The summed E-state index contributed by atoms with van der Waals surface area (Å²) in [6.07, 6.45) is 15.1. The second-order valence-corrected chi connectivity index (χ2v) is 5.18. The Kier molecular flexibility index (Phi) is 3.86. The molecule has 2 heterocycles. The van der Waals surface area contributed by atoms with Gasteiger partial charge in [0.05, 0.1) is 11.0 Å². The Hall–Kier alpha value is -2.03. The third-order valence-corrected chi connectivity index (χ3v) is 3.76. The van der Waals surface area contributed by atoms with Gasteiger partial charge in [0, 0.05) is 35.6 Å². The number of aryl methyl sites for hydroxylation is 1. The average Bonchev–Trinajstić information content (AvgIpc) is 2.73. The van der Waals surface area contributed by atoms with Crippen LogP contribution in [0.15, 0.2) is 33.3 Å². The zero-order valence-corrected chi connectivity index (χ0v) is 11.8. The van der Waals surface area contributed by atoms with Crippen LogP contribution in [0.25, 0.3) is 6.20 Å². The van der Waals surface area contributed by atoms with Gasteiger partial charge in [0.15, 0.2) is 0 Å². The molecule has 0 saturated heterocycles. The van der Waals surface area contributed by atoms with E-state index in [0.717, 1.165) is 23.9 Å². The standard InChI is InChI=1S/C17H19N3/c1-2-3-4-6-13-11-16-14(7-5-8-19-16)17-15(13)12-18-9-10-20-17/h5,8-12H,2-4,6-7H2,1H3. The molecule has 1 aromatic carbocycles. The number of aliphatic imine (C=N–C) groups is 2. The van der Waals surface area contributed by atoms with Crippen LogP contribution in [-0.4, -0.2) is 12.4 Å². The number of hydrogen-bond donors (Lipinski definition) is 0. The van der Waals surface area contributed by atoms with Crippen molar-refractivity contribution in [2.24, 2.45) is 15.0 Å². The van der Waals surface area contributed by atoms with Gasteiger partial charge in [-0.2, -0.15) is 0 Å². The van der Waals surface area contributed by atoms with Gasteiger partial charge in [-0.05, 0) is 30.9 Å². The highest BCUT2D eigenvalue weighted by atomic mass is 14.8. The molecule has 3 heteroatoms. The normalized spacial score (nSPS) is 15.1. The summed E-state index contributed by atoms with van der Waals surface area (Å²) in [5.74, 6) is 0. The third-order valence-electron chi connectivity index (χ3n) is 3.76. The number of nitrogens with zero attached hydrogens (tertiary/aromatic N) is 3. The molecule has 2 aliphatic rings. The van der Waals surface area contributed by atoms with Crippen LogP contribution < -0.4 is 10.6 Å². The first kappa shape index (κ1) is 13.0. The smallest absolute Gasteiger partial charge is 0.0777 e. The van der Waals surface area contributed by atoms with Crippen molar-refractivity contribution >= 4 is 24.3 Å². The monoisotopic (exact) mass is 265 g/mol. The van der Waals surface area contributed by atoms with Gasteiger partial charge in [0.25, 0.3) is 0 Å². The molecule has 0 atom stereocenters. The van der Waals surface area contributed by atoms with Crippen LogP contribution in [0, 0.1) is 0 Å². The molecule has 0 spiro atoms. The molecule has 1 aromatic rings. The molecule has 0 radical (unpaired) electrons. The fraction of sp³-hybridized carbons (Fsp3) is 0.353. The summed E-state index contributed by atoms with van der Waals surface area (Å²) in [6.45, 7) is 2.23. The van der Waals surface area contributed by atoms with Crippen LogP contribution in [0.2, 0.25) is 0 Å². The SMILES string of the molecule is CCCCCc1cc2c(c3c1=CN=CC=N3)CC=CN=2. The van der Waals surface area contributed by atoms with E-state index in [1.54, 1.807) is 12.4 Å². The van der Waals surface area contributed by atoms with E-state index in [4.69, 9.17) is 0 Å². The summed E-state index contributed by atoms with van der Waals surface area (Å²) >= 11 is 0. The van der Waals surface area contributed by atoms with Crippen molar-refractivity contribution < 1.29 is 0 Å². The number of fused-ring (bicyclic) bond motifs is 3. The van der Waals surface area contributed by atoms with Crippen LogP contribution in [0.3, 0.4) is 0 Å². The Morgan fingerprint density at radius 2 is 2.15 bits per heavy atom. The molecule has 3 rings (SSSR count). The minimum Gasteiger partial charge on any atom is -0.262 e. The van der Waals surface area contributed by atoms with Crippen LogP contribution >= 0.6 is 0 Å². The Labute approximate surface area is 119 Å².